The highest BCUT2D eigenvalue weighted by Gasteiger charge is 2.40. The van der Waals surface area contributed by atoms with Crippen molar-refractivity contribution in [1.29, 1.82) is 0 Å². The molecule has 2 nitrogen and oxygen atoms in total. The molecule has 1 aliphatic carbocycles. The van der Waals surface area contributed by atoms with Gasteiger partial charge in [0, 0.05) is 23.1 Å². The molecule has 0 amide bonds. The number of carbonyl (C=O) groups excluding carboxylic acids is 1. The second-order valence-corrected chi connectivity index (χ2v) is 5.79. The van der Waals surface area contributed by atoms with Gasteiger partial charge in [-0.25, -0.2) is 0 Å². The first-order chi connectivity index (χ1) is 10.3. The molecule has 2 heteroatoms. The number of hydrogen-bond donors (Lipinski definition) is 1. The first-order valence-electron chi connectivity index (χ1n) is 7.46. The van der Waals surface area contributed by atoms with Gasteiger partial charge < -0.3 is 5.32 Å². The van der Waals surface area contributed by atoms with Crippen molar-refractivity contribution in [2.45, 2.75) is 18.4 Å². The third-order valence-corrected chi connectivity index (χ3v) is 4.61. The third kappa shape index (κ3) is 1.99. The molecule has 0 radical (unpaired) electrons. The summed E-state index contributed by atoms with van der Waals surface area (Å²) in [6.07, 6.45) is 5.44. The Labute approximate surface area is 124 Å². The highest BCUT2D eigenvalue weighted by atomic mass is 16.1. The fourth-order valence-electron chi connectivity index (χ4n) is 3.59. The van der Waals surface area contributed by atoms with Crippen molar-refractivity contribution in [1.82, 2.24) is 0 Å². The number of para-hydroxylation sites is 1. The molecule has 0 saturated heterocycles. The van der Waals surface area contributed by atoms with Gasteiger partial charge in [-0.3, -0.25) is 4.79 Å². The van der Waals surface area contributed by atoms with E-state index >= 15 is 0 Å². The van der Waals surface area contributed by atoms with E-state index in [-0.39, 0.29) is 11.8 Å². The van der Waals surface area contributed by atoms with E-state index < -0.39 is 0 Å². The SMILES string of the molecule is O=C(c1ccccc1)[C@H]1Nc2ccccc2[C@H]2C=CC[C@@H]12. The number of ketones is 1. The van der Waals surface area contributed by atoms with Gasteiger partial charge >= 0.3 is 0 Å². The summed E-state index contributed by atoms with van der Waals surface area (Å²) in [6.45, 7) is 0. The average molecular weight is 275 g/mol. The summed E-state index contributed by atoms with van der Waals surface area (Å²) >= 11 is 0. The van der Waals surface area contributed by atoms with E-state index in [1.807, 2.05) is 36.4 Å². The second-order valence-electron chi connectivity index (χ2n) is 5.79. The molecule has 0 saturated carbocycles. The summed E-state index contributed by atoms with van der Waals surface area (Å²) in [7, 11) is 0. The minimum absolute atomic E-state index is 0.137. The number of allylic oxidation sites excluding steroid dienone is 2. The van der Waals surface area contributed by atoms with Crippen LogP contribution in [0.3, 0.4) is 0 Å². The minimum Gasteiger partial charge on any atom is -0.374 e. The van der Waals surface area contributed by atoms with Crippen LogP contribution < -0.4 is 5.32 Å². The Morgan fingerprint density at radius 3 is 2.62 bits per heavy atom. The lowest BCUT2D eigenvalue weighted by molar-refractivity contribution is 0.0938. The molecule has 2 aliphatic rings. The van der Waals surface area contributed by atoms with Gasteiger partial charge in [0.05, 0.1) is 6.04 Å². The van der Waals surface area contributed by atoms with Crippen LogP contribution >= 0.6 is 0 Å². The minimum atomic E-state index is -0.137. The largest absolute Gasteiger partial charge is 0.374 e. The summed E-state index contributed by atoms with van der Waals surface area (Å²) in [5.41, 5.74) is 3.20. The monoisotopic (exact) mass is 275 g/mol. The van der Waals surface area contributed by atoms with Gasteiger partial charge in [0.2, 0.25) is 0 Å². The molecule has 1 aliphatic heterocycles. The molecule has 0 bridgehead atoms. The van der Waals surface area contributed by atoms with Gasteiger partial charge in [-0.15, -0.1) is 0 Å². The molecule has 1 heterocycles. The molecule has 2 aromatic carbocycles. The van der Waals surface area contributed by atoms with Crippen molar-refractivity contribution >= 4 is 11.5 Å². The van der Waals surface area contributed by atoms with Crippen LogP contribution in [-0.4, -0.2) is 11.8 Å². The maximum absolute atomic E-state index is 12.9. The van der Waals surface area contributed by atoms with E-state index in [1.165, 1.54) is 5.56 Å². The van der Waals surface area contributed by atoms with E-state index in [9.17, 15) is 4.79 Å². The Hall–Kier alpha value is -2.35. The van der Waals surface area contributed by atoms with Gasteiger partial charge in [-0.05, 0) is 18.1 Å². The van der Waals surface area contributed by atoms with E-state index in [0.29, 0.717) is 11.8 Å². The number of hydrogen-bond acceptors (Lipinski definition) is 2. The van der Waals surface area contributed by atoms with Gasteiger partial charge in [0.15, 0.2) is 5.78 Å². The first kappa shape index (κ1) is 12.4. The van der Waals surface area contributed by atoms with Crippen LogP contribution in [-0.2, 0) is 0 Å². The Kier molecular flexibility index (Phi) is 2.88. The van der Waals surface area contributed by atoms with Gasteiger partial charge in [0.1, 0.15) is 0 Å². The van der Waals surface area contributed by atoms with Crippen LogP contribution in [0, 0.1) is 5.92 Å². The molecule has 1 N–H and O–H groups in total. The van der Waals surface area contributed by atoms with Gasteiger partial charge in [0.25, 0.3) is 0 Å². The van der Waals surface area contributed by atoms with Crippen molar-refractivity contribution in [3.8, 4) is 0 Å². The first-order valence-corrected chi connectivity index (χ1v) is 7.46. The van der Waals surface area contributed by atoms with E-state index in [1.54, 1.807) is 0 Å². The average Bonchev–Trinajstić information content (AvgIpc) is 3.04. The van der Waals surface area contributed by atoms with Crippen LogP contribution in [0.1, 0.15) is 28.3 Å². The summed E-state index contributed by atoms with van der Waals surface area (Å²) in [5, 5.41) is 3.48. The van der Waals surface area contributed by atoms with Crippen LogP contribution in [0.5, 0.6) is 0 Å². The predicted octanol–water partition coefficient (Wildman–Crippen LogP) is 4.02. The molecule has 104 valence electrons. The normalized spacial score (nSPS) is 25.8. The van der Waals surface area contributed by atoms with Crippen molar-refractivity contribution < 1.29 is 4.79 Å². The molecule has 0 unspecified atom stereocenters. The molecule has 0 aromatic heterocycles. The van der Waals surface area contributed by atoms with E-state index in [2.05, 4.69) is 35.7 Å². The van der Waals surface area contributed by atoms with Crippen molar-refractivity contribution in [2.24, 2.45) is 5.92 Å². The van der Waals surface area contributed by atoms with E-state index in [0.717, 1.165) is 17.7 Å². The summed E-state index contributed by atoms with van der Waals surface area (Å²) < 4.78 is 0. The molecule has 0 spiro atoms. The maximum Gasteiger partial charge on any atom is 0.185 e. The number of anilines is 1. The Bertz CT molecular complexity index is 705. The fraction of sp³-hybridized carbons (Fsp3) is 0.211. The number of benzene rings is 2. The lowest BCUT2D eigenvalue weighted by Crippen LogP contribution is -2.41. The lowest BCUT2D eigenvalue weighted by Gasteiger charge is -2.36. The molecular weight excluding hydrogens is 258 g/mol. The van der Waals surface area contributed by atoms with Crippen molar-refractivity contribution in [2.75, 3.05) is 5.32 Å². The number of Topliss-reactive ketones (excluding diaryl/α,β-unsaturated/α-hetero) is 1. The van der Waals surface area contributed by atoms with Crippen LogP contribution in [0.2, 0.25) is 0 Å². The van der Waals surface area contributed by atoms with Crippen LogP contribution in [0.25, 0.3) is 0 Å². The van der Waals surface area contributed by atoms with E-state index in [4.69, 9.17) is 0 Å². The Morgan fingerprint density at radius 2 is 1.76 bits per heavy atom. The molecule has 2 aromatic rings. The summed E-state index contributed by atoms with van der Waals surface area (Å²) in [5.74, 6) is 0.886. The summed E-state index contributed by atoms with van der Waals surface area (Å²) in [4.78, 5) is 12.9. The Morgan fingerprint density at radius 1 is 1.00 bits per heavy atom. The second kappa shape index (κ2) is 4.88. The number of fused-ring (bicyclic) bond motifs is 3. The fourth-order valence-corrected chi connectivity index (χ4v) is 3.59. The standard InChI is InChI=1S/C19H17NO/c21-19(13-7-2-1-3-8-13)18-16-11-6-10-14(16)15-9-4-5-12-17(15)20-18/h1-10,12,14,16,18,20H,11H2/t14-,16-,18+/m1/s1. The number of nitrogens with one attached hydrogen (secondary N) is 1. The topological polar surface area (TPSA) is 29.1 Å². The summed E-state index contributed by atoms with van der Waals surface area (Å²) in [6, 6.07) is 17.8. The maximum atomic E-state index is 12.9. The molecule has 4 rings (SSSR count). The zero-order valence-electron chi connectivity index (χ0n) is 11.7. The van der Waals surface area contributed by atoms with Gasteiger partial charge in [-0.2, -0.15) is 0 Å². The molecule has 0 fully saturated rings. The number of rotatable bonds is 2. The lowest BCUT2D eigenvalue weighted by atomic mass is 9.77. The molecular formula is C19H17NO. The third-order valence-electron chi connectivity index (χ3n) is 4.61. The van der Waals surface area contributed by atoms with Crippen molar-refractivity contribution in [3.05, 3.63) is 77.9 Å². The molecule has 21 heavy (non-hydrogen) atoms. The highest BCUT2D eigenvalue weighted by Crippen LogP contribution is 2.44. The Balaban J connectivity index is 1.73. The molecule has 3 atom stereocenters. The quantitative estimate of drug-likeness (QED) is 0.662. The number of carbonyl (C=O) groups is 1. The highest BCUT2D eigenvalue weighted by molar-refractivity contribution is 6.02. The van der Waals surface area contributed by atoms with Crippen molar-refractivity contribution in [3.63, 3.8) is 0 Å². The van der Waals surface area contributed by atoms with Crippen LogP contribution in [0.15, 0.2) is 66.7 Å². The van der Waals surface area contributed by atoms with Gasteiger partial charge in [-0.1, -0.05) is 60.7 Å². The zero-order chi connectivity index (χ0) is 14.2. The zero-order valence-corrected chi connectivity index (χ0v) is 11.7. The predicted molar refractivity (Wildman–Crippen MR) is 84.6 cm³/mol. The van der Waals surface area contributed by atoms with Crippen LogP contribution in [0.4, 0.5) is 5.69 Å². The smallest absolute Gasteiger partial charge is 0.185 e.